The third-order valence-corrected chi connectivity index (χ3v) is 6.52. The molecule has 5 nitrogen and oxygen atoms in total. The lowest BCUT2D eigenvalue weighted by Gasteiger charge is -2.14. The molecule has 0 saturated carbocycles. The molecule has 0 atom stereocenters. The van der Waals surface area contributed by atoms with Gasteiger partial charge >= 0.3 is 0 Å². The van der Waals surface area contributed by atoms with Crippen LogP contribution in [0.4, 0.5) is 5.69 Å². The Hall–Kier alpha value is -2.79. The molecule has 3 aromatic rings. The Morgan fingerprint density at radius 1 is 1.15 bits per heavy atom. The van der Waals surface area contributed by atoms with Gasteiger partial charge in [-0.25, -0.2) is 0 Å². The summed E-state index contributed by atoms with van der Waals surface area (Å²) in [4.78, 5) is 12.8. The number of anilines is 1. The van der Waals surface area contributed by atoms with Gasteiger partial charge in [0, 0.05) is 8.95 Å². The molecule has 8 heteroatoms. The number of benzene rings is 3. The molecule has 0 aliphatic heterocycles. The lowest BCUT2D eigenvalue weighted by atomic mass is 10.1. The molecule has 174 valence electrons. The molecule has 3 rings (SSSR count). The highest BCUT2D eigenvalue weighted by molar-refractivity contribution is 9.11. The smallest absolute Gasteiger partial charge is 0.266 e. The summed E-state index contributed by atoms with van der Waals surface area (Å²) in [6.45, 7) is 4.27. The molecule has 0 spiro atoms. The molecule has 0 aromatic heterocycles. The quantitative estimate of drug-likeness (QED) is 0.223. The zero-order valence-electron chi connectivity index (χ0n) is 18.7. The zero-order valence-corrected chi connectivity index (χ0v) is 22.6. The third kappa shape index (κ3) is 6.20. The number of rotatable bonds is 7. The summed E-state index contributed by atoms with van der Waals surface area (Å²) in [5.41, 5.74) is 4.12. The molecular formula is C26H21Br2ClN2O3. The van der Waals surface area contributed by atoms with E-state index in [9.17, 15) is 10.1 Å². The molecular weight excluding hydrogens is 584 g/mol. The molecule has 0 bridgehead atoms. The van der Waals surface area contributed by atoms with Crippen molar-refractivity contribution < 1.29 is 14.3 Å². The van der Waals surface area contributed by atoms with E-state index < -0.39 is 5.91 Å². The van der Waals surface area contributed by atoms with Crippen molar-refractivity contribution in [2.45, 2.75) is 20.5 Å². The number of nitriles is 1. The van der Waals surface area contributed by atoms with E-state index in [-0.39, 0.29) is 5.57 Å². The predicted octanol–water partition coefficient (Wildman–Crippen LogP) is 7.62. The molecule has 0 fully saturated rings. The van der Waals surface area contributed by atoms with E-state index in [4.69, 9.17) is 21.1 Å². The van der Waals surface area contributed by atoms with Crippen LogP contribution in [0.25, 0.3) is 6.08 Å². The van der Waals surface area contributed by atoms with Crippen molar-refractivity contribution in [3.63, 3.8) is 0 Å². The Balaban J connectivity index is 1.86. The van der Waals surface area contributed by atoms with Crippen molar-refractivity contribution in [2.75, 3.05) is 12.4 Å². The van der Waals surface area contributed by atoms with Gasteiger partial charge in [-0.15, -0.1) is 0 Å². The first kappa shape index (κ1) is 25.8. The fourth-order valence-electron chi connectivity index (χ4n) is 3.20. The van der Waals surface area contributed by atoms with Gasteiger partial charge in [0.25, 0.3) is 5.91 Å². The van der Waals surface area contributed by atoms with E-state index in [0.29, 0.717) is 43.3 Å². The Bertz CT molecular complexity index is 1290. The first-order chi connectivity index (χ1) is 16.2. The minimum Gasteiger partial charge on any atom is -0.493 e. The van der Waals surface area contributed by atoms with Crippen LogP contribution in [0, 0.1) is 25.2 Å². The van der Waals surface area contributed by atoms with Gasteiger partial charge in [-0.3, -0.25) is 4.79 Å². The minimum atomic E-state index is -0.553. The lowest BCUT2D eigenvalue weighted by molar-refractivity contribution is -0.112. The summed E-state index contributed by atoms with van der Waals surface area (Å²) in [6.07, 6.45) is 1.45. The topological polar surface area (TPSA) is 71.3 Å². The average molecular weight is 605 g/mol. The minimum absolute atomic E-state index is 0.0916. The fourth-order valence-corrected chi connectivity index (χ4v) is 5.09. The third-order valence-electron chi connectivity index (χ3n) is 4.99. The van der Waals surface area contributed by atoms with Crippen molar-refractivity contribution in [2.24, 2.45) is 0 Å². The summed E-state index contributed by atoms with van der Waals surface area (Å²) in [5.74, 6) is 0.233. The van der Waals surface area contributed by atoms with Crippen molar-refractivity contribution >= 4 is 61.1 Å². The molecule has 0 aliphatic carbocycles. The SMILES string of the molecule is COc1cc(/C=C(\C#N)C(=O)Nc2c(Br)cc(C)cc2Br)cc(Cl)c1OCc1ccccc1C. The normalized spacial score (nSPS) is 11.0. The Labute approximate surface area is 220 Å². The molecule has 34 heavy (non-hydrogen) atoms. The maximum Gasteiger partial charge on any atom is 0.266 e. The van der Waals surface area contributed by atoms with Crippen molar-refractivity contribution in [3.8, 4) is 17.6 Å². The van der Waals surface area contributed by atoms with E-state index in [2.05, 4.69) is 37.2 Å². The van der Waals surface area contributed by atoms with Gasteiger partial charge in [0.2, 0.25) is 0 Å². The maximum absolute atomic E-state index is 12.8. The monoisotopic (exact) mass is 602 g/mol. The van der Waals surface area contributed by atoms with Gasteiger partial charge in [0.05, 0.1) is 17.8 Å². The number of nitrogens with one attached hydrogen (secondary N) is 1. The number of nitrogens with zero attached hydrogens (tertiary/aromatic N) is 1. The van der Waals surface area contributed by atoms with E-state index in [1.54, 1.807) is 12.1 Å². The number of halogens is 3. The van der Waals surface area contributed by atoms with Crippen LogP contribution in [-0.4, -0.2) is 13.0 Å². The van der Waals surface area contributed by atoms with Crippen LogP contribution >= 0.6 is 43.5 Å². The zero-order chi connectivity index (χ0) is 24.8. The predicted molar refractivity (Wildman–Crippen MR) is 142 cm³/mol. The average Bonchev–Trinajstić information content (AvgIpc) is 2.79. The van der Waals surface area contributed by atoms with E-state index in [1.165, 1.54) is 13.2 Å². The molecule has 0 saturated heterocycles. The van der Waals surface area contributed by atoms with E-state index >= 15 is 0 Å². The summed E-state index contributed by atoms with van der Waals surface area (Å²) in [6, 6.07) is 16.9. The van der Waals surface area contributed by atoms with Crippen LogP contribution in [0.1, 0.15) is 22.3 Å². The van der Waals surface area contributed by atoms with Crippen LogP contribution in [-0.2, 0) is 11.4 Å². The number of ether oxygens (including phenoxy) is 2. The standard InChI is InChI=1S/C26H21Br2ClN2O3/c1-15-8-20(27)24(21(28)9-15)31-26(32)19(13-30)10-17-11-22(29)25(23(12-17)33-3)34-14-18-7-5-4-6-16(18)2/h4-12H,14H2,1-3H3,(H,31,32)/b19-10+. The number of methoxy groups -OCH3 is 1. The Morgan fingerprint density at radius 3 is 2.44 bits per heavy atom. The molecule has 0 unspecified atom stereocenters. The van der Waals surface area contributed by atoms with Gasteiger partial charge in [0.1, 0.15) is 18.2 Å². The Morgan fingerprint density at radius 2 is 1.82 bits per heavy atom. The summed E-state index contributed by atoms with van der Waals surface area (Å²) in [5, 5.41) is 12.7. The number of aryl methyl sites for hydroxylation is 2. The number of carbonyl (C=O) groups is 1. The first-order valence-corrected chi connectivity index (χ1v) is 12.1. The highest BCUT2D eigenvalue weighted by atomic mass is 79.9. The molecule has 0 aliphatic rings. The first-order valence-electron chi connectivity index (χ1n) is 10.2. The lowest BCUT2D eigenvalue weighted by Crippen LogP contribution is -2.14. The highest BCUT2D eigenvalue weighted by Gasteiger charge is 2.17. The van der Waals surface area contributed by atoms with Gasteiger partial charge in [-0.2, -0.15) is 5.26 Å². The summed E-state index contributed by atoms with van der Waals surface area (Å²) < 4.78 is 12.8. The van der Waals surface area contributed by atoms with Crippen LogP contribution in [0.3, 0.4) is 0 Å². The van der Waals surface area contributed by atoms with Crippen LogP contribution in [0.2, 0.25) is 5.02 Å². The molecule has 0 heterocycles. The van der Waals surface area contributed by atoms with Crippen molar-refractivity contribution in [1.29, 1.82) is 5.26 Å². The van der Waals surface area contributed by atoms with Crippen molar-refractivity contribution in [3.05, 3.63) is 90.3 Å². The maximum atomic E-state index is 12.8. The van der Waals surface area contributed by atoms with Crippen molar-refractivity contribution in [1.82, 2.24) is 0 Å². The number of hydrogen-bond donors (Lipinski definition) is 1. The number of hydrogen-bond acceptors (Lipinski definition) is 4. The largest absolute Gasteiger partial charge is 0.493 e. The van der Waals surface area contributed by atoms with E-state index in [1.807, 2.05) is 56.3 Å². The van der Waals surface area contributed by atoms with Crippen LogP contribution in [0.15, 0.2) is 63.0 Å². The fraction of sp³-hybridized carbons (Fsp3) is 0.154. The number of carbonyl (C=O) groups excluding carboxylic acids is 1. The second-order valence-corrected chi connectivity index (χ2v) is 9.59. The number of amides is 1. The van der Waals surface area contributed by atoms with Crippen LogP contribution in [0.5, 0.6) is 11.5 Å². The second-order valence-electron chi connectivity index (χ2n) is 7.48. The highest BCUT2D eigenvalue weighted by Crippen LogP contribution is 2.38. The Kier molecular flexibility index (Phi) is 8.78. The summed E-state index contributed by atoms with van der Waals surface area (Å²) in [7, 11) is 1.50. The molecule has 1 amide bonds. The van der Waals surface area contributed by atoms with Gasteiger partial charge in [-0.1, -0.05) is 35.9 Å². The molecule has 1 N–H and O–H groups in total. The van der Waals surface area contributed by atoms with Crippen LogP contribution < -0.4 is 14.8 Å². The van der Waals surface area contributed by atoms with Gasteiger partial charge in [0.15, 0.2) is 11.5 Å². The summed E-state index contributed by atoms with van der Waals surface area (Å²) >= 11 is 13.4. The van der Waals surface area contributed by atoms with Gasteiger partial charge in [-0.05, 0) is 98.3 Å². The molecule has 3 aromatic carbocycles. The molecule has 0 radical (unpaired) electrons. The second kappa shape index (κ2) is 11.6. The van der Waals surface area contributed by atoms with E-state index in [0.717, 1.165) is 16.7 Å². The van der Waals surface area contributed by atoms with Gasteiger partial charge < -0.3 is 14.8 Å².